The van der Waals surface area contributed by atoms with Crippen molar-refractivity contribution in [1.29, 1.82) is 0 Å². The van der Waals surface area contributed by atoms with E-state index < -0.39 is 24.0 Å². The van der Waals surface area contributed by atoms with Crippen LogP contribution in [0.1, 0.15) is 26.7 Å². The molecule has 2 amide bonds. The molecule has 2 fully saturated rings. The zero-order chi connectivity index (χ0) is 19.3. The number of amides is 2. The SMILES string of the molecule is CCC(C(=O)O)N1CCN2CCN(CCN(C(CC)C(=O)O)CC1)C2=O. The van der Waals surface area contributed by atoms with Gasteiger partial charge in [-0.25, -0.2) is 4.79 Å². The van der Waals surface area contributed by atoms with Crippen molar-refractivity contribution >= 4 is 18.0 Å². The molecule has 0 aromatic heterocycles. The van der Waals surface area contributed by atoms with Gasteiger partial charge in [-0.1, -0.05) is 13.8 Å². The lowest BCUT2D eigenvalue weighted by atomic mass is 10.1. The predicted molar refractivity (Wildman–Crippen MR) is 95.1 cm³/mol. The summed E-state index contributed by atoms with van der Waals surface area (Å²) in [6.07, 6.45) is 0.928. The third kappa shape index (κ3) is 4.64. The van der Waals surface area contributed by atoms with Crippen LogP contribution in [0.15, 0.2) is 0 Å². The number of nitrogens with zero attached hydrogens (tertiary/aromatic N) is 4. The Morgan fingerprint density at radius 2 is 1.08 bits per heavy atom. The highest BCUT2D eigenvalue weighted by molar-refractivity contribution is 5.77. The van der Waals surface area contributed by atoms with Crippen molar-refractivity contribution in [2.45, 2.75) is 38.8 Å². The van der Waals surface area contributed by atoms with E-state index in [4.69, 9.17) is 0 Å². The van der Waals surface area contributed by atoms with Gasteiger partial charge < -0.3 is 20.0 Å². The van der Waals surface area contributed by atoms with Gasteiger partial charge in [-0.05, 0) is 12.8 Å². The van der Waals surface area contributed by atoms with Gasteiger partial charge in [-0.3, -0.25) is 19.4 Å². The van der Waals surface area contributed by atoms with Crippen LogP contribution >= 0.6 is 0 Å². The van der Waals surface area contributed by atoms with Gasteiger partial charge >= 0.3 is 18.0 Å². The Balaban J connectivity index is 2.22. The monoisotopic (exact) mass is 370 g/mol. The lowest BCUT2D eigenvalue weighted by Crippen LogP contribution is -2.50. The first-order chi connectivity index (χ1) is 12.4. The van der Waals surface area contributed by atoms with Crippen LogP contribution in [-0.4, -0.2) is 112 Å². The van der Waals surface area contributed by atoms with Crippen LogP contribution in [0.4, 0.5) is 4.79 Å². The number of fused-ring (bicyclic) bond motifs is 2. The number of carboxylic acid groups (broad SMARTS) is 2. The van der Waals surface area contributed by atoms with Crippen LogP contribution in [0.2, 0.25) is 0 Å². The number of carbonyl (C=O) groups excluding carboxylic acids is 1. The molecule has 2 rings (SSSR count). The van der Waals surface area contributed by atoms with E-state index in [1.165, 1.54) is 0 Å². The summed E-state index contributed by atoms with van der Waals surface area (Å²) >= 11 is 0. The molecule has 0 radical (unpaired) electrons. The molecule has 2 aliphatic heterocycles. The molecule has 0 aromatic rings. The van der Waals surface area contributed by atoms with Gasteiger partial charge in [0.2, 0.25) is 0 Å². The standard InChI is InChI=1S/C17H30N4O5/c1-3-13(15(22)23)18-5-6-19(14(4-2)16(24)25)8-10-21-12-11-20(9-7-18)17(21)26/h13-14H,3-12H2,1-2H3,(H,22,23)(H,24,25). The Kier molecular flexibility index (Phi) is 7.22. The van der Waals surface area contributed by atoms with E-state index in [2.05, 4.69) is 0 Å². The van der Waals surface area contributed by atoms with Crippen molar-refractivity contribution < 1.29 is 24.6 Å². The molecule has 2 saturated heterocycles. The van der Waals surface area contributed by atoms with Gasteiger partial charge in [0.15, 0.2) is 0 Å². The van der Waals surface area contributed by atoms with Crippen molar-refractivity contribution in [3.05, 3.63) is 0 Å². The fourth-order valence-electron chi connectivity index (χ4n) is 3.83. The molecule has 9 heteroatoms. The van der Waals surface area contributed by atoms with E-state index in [1.807, 2.05) is 23.6 Å². The Morgan fingerprint density at radius 3 is 1.38 bits per heavy atom. The van der Waals surface area contributed by atoms with Gasteiger partial charge in [0.05, 0.1) is 0 Å². The quantitative estimate of drug-likeness (QED) is 0.682. The maximum absolute atomic E-state index is 12.5. The summed E-state index contributed by atoms with van der Waals surface area (Å²) in [5, 5.41) is 19.0. The van der Waals surface area contributed by atoms with E-state index in [0.29, 0.717) is 65.2 Å². The van der Waals surface area contributed by atoms with Crippen molar-refractivity contribution in [1.82, 2.24) is 19.6 Å². The number of aliphatic carboxylic acids is 2. The maximum Gasteiger partial charge on any atom is 0.320 e. The van der Waals surface area contributed by atoms with Gasteiger partial charge in [-0.15, -0.1) is 0 Å². The number of rotatable bonds is 6. The minimum atomic E-state index is -0.881. The minimum absolute atomic E-state index is 0.0430. The zero-order valence-electron chi connectivity index (χ0n) is 15.6. The number of carbonyl (C=O) groups is 3. The lowest BCUT2D eigenvalue weighted by molar-refractivity contribution is -0.146. The summed E-state index contributed by atoms with van der Waals surface area (Å²) in [5.41, 5.74) is 0. The second-order valence-corrected chi connectivity index (χ2v) is 6.85. The van der Waals surface area contributed by atoms with Crippen molar-refractivity contribution in [2.24, 2.45) is 0 Å². The van der Waals surface area contributed by atoms with Crippen molar-refractivity contribution in [3.63, 3.8) is 0 Å². The minimum Gasteiger partial charge on any atom is -0.480 e. The van der Waals surface area contributed by atoms with Crippen molar-refractivity contribution in [3.8, 4) is 0 Å². The second-order valence-electron chi connectivity index (χ2n) is 6.85. The average Bonchev–Trinajstić information content (AvgIpc) is 2.92. The highest BCUT2D eigenvalue weighted by atomic mass is 16.4. The molecule has 0 spiro atoms. The molecule has 0 aromatic carbocycles. The summed E-state index contributed by atoms with van der Waals surface area (Å²) in [5.74, 6) is -1.76. The summed E-state index contributed by atoms with van der Waals surface area (Å²) in [6, 6.07) is -1.30. The normalized spacial score (nSPS) is 22.8. The van der Waals surface area contributed by atoms with E-state index in [0.717, 1.165) is 0 Å². The van der Waals surface area contributed by atoms with Crippen molar-refractivity contribution in [2.75, 3.05) is 52.4 Å². The highest BCUT2D eigenvalue weighted by Crippen LogP contribution is 2.14. The fourth-order valence-corrected chi connectivity index (χ4v) is 3.83. The van der Waals surface area contributed by atoms with Gasteiger partial charge in [0, 0.05) is 52.4 Å². The fraction of sp³-hybridized carbons (Fsp3) is 0.824. The third-order valence-electron chi connectivity index (χ3n) is 5.39. The molecule has 148 valence electrons. The largest absolute Gasteiger partial charge is 0.480 e. The van der Waals surface area contributed by atoms with Crippen LogP contribution < -0.4 is 0 Å². The lowest BCUT2D eigenvalue weighted by Gasteiger charge is -2.33. The molecule has 2 N–H and O–H groups in total. The van der Waals surface area contributed by atoms with Crippen LogP contribution in [0.25, 0.3) is 0 Å². The number of hydrogen-bond donors (Lipinski definition) is 2. The number of urea groups is 1. The van der Waals surface area contributed by atoms with Gasteiger partial charge in [0.1, 0.15) is 12.1 Å². The Labute approximate surface area is 154 Å². The van der Waals surface area contributed by atoms with Gasteiger partial charge in [0.25, 0.3) is 0 Å². The molecule has 2 atom stereocenters. The molecular formula is C17H30N4O5. The predicted octanol–water partition coefficient (Wildman–Crippen LogP) is 0.0680. The highest BCUT2D eigenvalue weighted by Gasteiger charge is 2.33. The number of hydrogen-bond acceptors (Lipinski definition) is 5. The molecule has 2 heterocycles. The maximum atomic E-state index is 12.5. The second kappa shape index (κ2) is 9.18. The molecule has 2 unspecified atom stereocenters. The van der Waals surface area contributed by atoms with E-state index >= 15 is 0 Å². The summed E-state index contributed by atoms with van der Waals surface area (Å²) in [6.45, 7) is 7.80. The Bertz CT molecular complexity index is 485. The van der Waals surface area contributed by atoms with Crippen LogP contribution in [0.5, 0.6) is 0 Å². The molecule has 9 nitrogen and oxygen atoms in total. The first-order valence-corrected chi connectivity index (χ1v) is 9.36. The molecule has 0 saturated carbocycles. The first-order valence-electron chi connectivity index (χ1n) is 9.36. The number of carboxylic acids is 2. The summed E-state index contributed by atoms with van der Waals surface area (Å²) in [7, 11) is 0. The van der Waals surface area contributed by atoms with Crippen LogP contribution in [0.3, 0.4) is 0 Å². The Hall–Kier alpha value is -1.87. The molecule has 2 bridgehead atoms. The molecule has 0 aliphatic carbocycles. The van der Waals surface area contributed by atoms with Crippen LogP contribution in [0, 0.1) is 0 Å². The molecular weight excluding hydrogens is 340 g/mol. The zero-order valence-corrected chi connectivity index (χ0v) is 15.6. The topological polar surface area (TPSA) is 105 Å². The Morgan fingerprint density at radius 1 is 0.769 bits per heavy atom. The summed E-state index contributed by atoms with van der Waals surface area (Å²) < 4.78 is 0. The van der Waals surface area contributed by atoms with E-state index in [-0.39, 0.29) is 6.03 Å². The van der Waals surface area contributed by atoms with Gasteiger partial charge in [-0.2, -0.15) is 0 Å². The van der Waals surface area contributed by atoms with Crippen LogP contribution in [-0.2, 0) is 9.59 Å². The first kappa shape index (κ1) is 20.4. The molecule has 26 heavy (non-hydrogen) atoms. The van der Waals surface area contributed by atoms with E-state index in [1.54, 1.807) is 9.80 Å². The third-order valence-corrected chi connectivity index (χ3v) is 5.39. The smallest absolute Gasteiger partial charge is 0.320 e. The van der Waals surface area contributed by atoms with E-state index in [9.17, 15) is 24.6 Å². The average molecular weight is 370 g/mol. The molecule has 2 aliphatic rings. The summed E-state index contributed by atoms with van der Waals surface area (Å²) in [4.78, 5) is 43.0.